The lowest BCUT2D eigenvalue weighted by molar-refractivity contribution is -0.251. The molecule has 2 N–H and O–H groups in total. The molecule has 6 aliphatic rings. The predicted molar refractivity (Wildman–Crippen MR) is 130 cm³/mol. The summed E-state index contributed by atoms with van der Waals surface area (Å²) in [5.41, 5.74) is 0.570. The van der Waals surface area contributed by atoms with E-state index in [-0.39, 0.29) is 39.6 Å². The summed E-state index contributed by atoms with van der Waals surface area (Å²) in [5, 5.41) is 23.1. The molecule has 5 heteroatoms. The van der Waals surface area contributed by atoms with Crippen LogP contribution in [0.5, 0.6) is 11.5 Å². The molecule has 4 aliphatic carbocycles. The monoisotopic (exact) mass is 467 g/mol. The van der Waals surface area contributed by atoms with Crippen LogP contribution in [-0.4, -0.2) is 57.7 Å². The number of benzene rings is 1. The quantitative estimate of drug-likeness (QED) is 0.642. The Hall–Kier alpha value is -1.30. The van der Waals surface area contributed by atoms with Gasteiger partial charge in [-0.05, 0) is 74.3 Å². The van der Waals surface area contributed by atoms with Crippen LogP contribution in [0, 0.1) is 22.7 Å². The predicted octanol–water partition coefficient (Wildman–Crippen LogP) is 4.41. The molecule has 1 aromatic carbocycles. The third-order valence-corrected chi connectivity index (χ3v) is 12.0. The van der Waals surface area contributed by atoms with Gasteiger partial charge in [0.1, 0.15) is 11.7 Å². The van der Waals surface area contributed by atoms with Crippen LogP contribution in [0.15, 0.2) is 12.1 Å². The third kappa shape index (κ3) is 2.09. The van der Waals surface area contributed by atoms with Gasteiger partial charge < -0.3 is 19.7 Å². The first-order valence-corrected chi connectivity index (χ1v) is 13.3. The molecule has 3 saturated carbocycles. The molecule has 2 bridgehead atoms. The number of hydrogen-bond donors (Lipinski definition) is 2. The first-order valence-electron chi connectivity index (χ1n) is 13.3. The second-order valence-electron chi connectivity index (χ2n) is 14.3. The van der Waals surface area contributed by atoms with Gasteiger partial charge in [0.2, 0.25) is 0 Å². The molecule has 3 unspecified atom stereocenters. The molecule has 4 fully saturated rings. The smallest absolute Gasteiger partial charge is 0.165 e. The first kappa shape index (κ1) is 21.9. The van der Waals surface area contributed by atoms with Crippen molar-refractivity contribution in [2.24, 2.45) is 22.7 Å². The van der Waals surface area contributed by atoms with Crippen molar-refractivity contribution in [2.45, 2.75) is 108 Å². The number of phenolic OH excluding ortho intramolecular Hbond substituents is 1. The second-order valence-corrected chi connectivity index (χ2v) is 14.3. The number of rotatable bonds is 4. The fraction of sp³-hybridized carbons (Fsp3) is 0.793. The summed E-state index contributed by atoms with van der Waals surface area (Å²) in [7, 11) is 1.78. The fourth-order valence-electron chi connectivity index (χ4n) is 9.68. The molecule has 0 radical (unpaired) electrons. The number of aromatic hydroxyl groups is 1. The highest BCUT2D eigenvalue weighted by atomic mass is 16.6. The van der Waals surface area contributed by atoms with Crippen LogP contribution in [0.3, 0.4) is 0 Å². The van der Waals surface area contributed by atoms with E-state index in [9.17, 15) is 10.2 Å². The molecule has 186 valence electrons. The minimum Gasteiger partial charge on any atom is -0.504 e. The van der Waals surface area contributed by atoms with E-state index in [1.54, 1.807) is 7.11 Å². The zero-order valence-electron chi connectivity index (χ0n) is 21.9. The standard InChI is InChI=1S/C29H41NO4/c1-24(2,3)27(6,32)19-13-25(4)22-28(30(22)14-16-8-9-16)12-17-10-11-18(31)21-20(17)29(25,15-28)23(34-21)26(19,5)33-7/h10-11,16,19,22-23,31-32H,8-9,12-15H2,1-7H3/t19-,22?,23-,25+,26+,27-,28?,29-,30?/m0/s1. The first-order chi connectivity index (χ1) is 15.8. The van der Waals surface area contributed by atoms with E-state index in [1.807, 2.05) is 13.0 Å². The van der Waals surface area contributed by atoms with Gasteiger partial charge in [-0.1, -0.05) is 33.8 Å². The molecule has 0 aromatic heterocycles. The average molecular weight is 468 g/mol. The maximum Gasteiger partial charge on any atom is 0.165 e. The van der Waals surface area contributed by atoms with E-state index in [1.165, 1.54) is 30.5 Å². The van der Waals surface area contributed by atoms with E-state index in [4.69, 9.17) is 9.47 Å². The molecule has 2 heterocycles. The van der Waals surface area contributed by atoms with Crippen molar-refractivity contribution in [1.82, 2.24) is 4.90 Å². The SMILES string of the molecule is CO[C@]1(C)[C@@H]([C@](C)(O)C(C)(C)C)C[C@]2(C)C3N(CC4CC4)C34Cc3ccc(O)c5c3[C@@]2(C4)[C@H]1O5. The maximum absolute atomic E-state index is 12.2. The summed E-state index contributed by atoms with van der Waals surface area (Å²) in [6.45, 7) is 14.3. The minimum atomic E-state index is -0.953. The number of piperidine rings is 1. The summed E-state index contributed by atoms with van der Waals surface area (Å²) in [5.74, 6) is 1.67. The Labute approximate surface area is 203 Å². The minimum absolute atomic E-state index is 0.0607. The summed E-state index contributed by atoms with van der Waals surface area (Å²) in [6, 6.07) is 4.48. The molecule has 5 nitrogen and oxygen atoms in total. The highest BCUT2D eigenvalue weighted by Crippen LogP contribution is 2.82. The number of likely N-dealkylation sites (tertiary alicyclic amines) is 1. The Bertz CT molecular complexity index is 1100. The third-order valence-electron chi connectivity index (χ3n) is 12.0. The van der Waals surface area contributed by atoms with Crippen molar-refractivity contribution < 1.29 is 19.7 Å². The van der Waals surface area contributed by atoms with Crippen molar-refractivity contribution in [3.63, 3.8) is 0 Å². The molecule has 34 heavy (non-hydrogen) atoms. The van der Waals surface area contributed by atoms with Gasteiger partial charge in [-0.25, -0.2) is 0 Å². The number of aliphatic hydroxyl groups is 1. The van der Waals surface area contributed by atoms with Crippen molar-refractivity contribution in [2.75, 3.05) is 13.7 Å². The molecule has 1 saturated heterocycles. The Morgan fingerprint density at radius 1 is 1.18 bits per heavy atom. The van der Waals surface area contributed by atoms with E-state index >= 15 is 0 Å². The van der Waals surface area contributed by atoms with Crippen molar-refractivity contribution in [1.29, 1.82) is 0 Å². The van der Waals surface area contributed by atoms with Gasteiger partial charge in [0, 0.05) is 42.1 Å². The van der Waals surface area contributed by atoms with Crippen molar-refractivity contribution >= 4 is 0 Å². The molecule has 1 aromatic rings. The number of nitrogens with zero attached hydrogens (tertiary/aromatic N) is 1. The number of phenols is 1. The van der Waals surface area contributed by atoms with Crippen molar-refractivity contribution in [3.8, 4) is 11.5 Å². The highest BCUT2D eigenvalue weighted by molar-refractivity contribution is 5.66. The molecule has 7 rings (SSSR count). The number of ether oxygens (including phenoxy) is 2. The molecule has 0 amide bonds. The topological polar surface area (TPSA) is 61.9 Å². The van der Waals surface area contributed by atoms with Gasteiger partial charge in [0.15, 0.2) is 11.5 Å². The summed E-state index contributed by atoms with van der Waals surface area (Å²) in [4.78, 5) is 2.83. The van der Waals surface area contributed by atoms with Crippen LogP contribution >= 0.6 is 0 Å². The normalized spacial score (nSPS) is 49.2. The van der Waals surface area contributed by atoms with E-state index in [0.717, 1.165) is 25.2 Å². The van der Waals surface area contributed by atoms with Gasteiger partial charge in [0.25, 0.3) is 0 Å². The Morgan fingerprint density at radius 2 is 1.88 bits per heavy atom. The second kappa shape index (κ2) is 5.81. The van der Waals surface area contributed by atoms with Crippen LogP contribution < -0.4 is 4.74 Å². The Morgan fingerprint density at radius 3 is 2.50 bits per heavy atom. The summed E-state index contributed by atoms with van der Waals surface area (Å²) < 4.78 is 13.3. The van der Waals surface area contributed by atoms with Gasteiger partial charge >= 0.3 is 0 Å². The lowest BCUT2D eigenvalue weighted by atomic mass is 9.44. The van der Waals surface area contributed by atoms with Gasteiger partial charge in [-0.2, -0.15) is 0 Å². The van der Waals surface area contributed by atoms with Crippen LogP contribution in [0.2, 0.25) is 0 Å². The van der Waals surface area contributed by atoms with Gasteiger partial charge in [0.05, 0.1) is 5.60 Å². The zero-order chi connectivity index (χ0) is 24.3. The molecule has 9 atom stereocenters. The van der Waals surface area contributed by atoms with Crippen LogP contribution in [0.25, 0.3) is 0 Å². The summed E-state index contributed by atoms with van der Waals surface area (Å²) >= 11 is 0. The largest absolute Gasteiger partial charge is 0.504 e. The van der Waals surface area contributed by atoms with Crippen LogP contribution in [0.1, 0.15) is 78.4 Å². The molecule has 2 spiro atoms. The van der Waals surface area contributed by atoms with Gasteiger partial charge in [-0.3, -0.25) is 4.90 Å². The fourth-order valence-corrected chi connectivity index (χ4v) is 9.68. The van der Waals surface area contributed by atoms with Crippen molar-refractivity contribution in [3.05, 3.63) is 23.3 Å². The van der Waals surface area contributed by atoms with E-state index in [0.29, 0.717) is 11.8 Å². The maximum atomic E-state index is 12.2. The lowest BCUT2D eigenvalue weighted by Gasteiger charge is -2.64. The molecular formula is C29H41NO4. The number of hydrogen-bond acceptors (Lipinski definition) is 5. The van der Waals surface area contributed by atoms with E-state index < -0.39 is 11.2 Å². The Balaban J connectivity index is 1.47. The van der Waals surface area contributed by atoms with Crippen LogP contribution in [0.4, 0.5) is 0 Å². The molecule has 2 aliphatic heterocycles. The number of fused-ring (bicyclic) bond motifs is 1. The zero-order valence-corrected chi connectivity index (χ0v) is 21.9. The lowest BCUT2D eigenvalue weighted by Crippen LogP contribution is -2.73. The van der Waals surface area contributed by atoms with E-state index in [2.05, 4.69) is 45.6 Å². The van der Waals surface area contributed by atoms with Crippen LogP contribution in [-0.2, 0) is 16.6 Å². The van der Waals surface area contributed by atoms with Gasteiger partial charge in [-0.15, -0.1) is 0 Å². The Kier molecular flexibility index (Phi) is 3.75. The summed E-state index contributed by atoms with van der Waals surface area (Å²) in [6.07, 6.45) is 5.51. The highest BCUT2D eigenvalue weighted by Gasteiger charge is 2.89. The average Bonchev–Trinajstić information content (AvgIpc) is 3.62. The molecular weight excluding hydrogens is 426 g/mol. The number of methoxy groups -OCH3 is 1.